The molecule has 0 aliphatic rings. The molecule has 0 atom stereocenters. The van der Waals surface area contributed by atoms with Crippen LogP contribution in [0.25, 0.3) is 0 Å². The average Bonchev–Trinajstić information content (AvgIpc) is 2.49. The lowest BCUT2D eigenvalue weighted by Gasteiger charge is -2.09. The van der Waals surface area contributed by atoms with Gasteiger partial charge >= 0.3 is 11.8 Å². The van der Waals surface area contributed by atoms with Crippen LogP contribution in [-0.4, -0.2) is 36.3 Å². The van der Waals surface area contributed by atoms with Gasteiger partial charge in [-0.25, -0.2) is 5.43 Å². The Bertz CT molecular complexity index is 624. The first-order valence-corrected chi connectivity index (χ1v) is 7.03. The molecule has 7 heteroatoms. The van der Waals surface area contributed by atoms with Gasteiger partial charge in [-0.2, -0.15) is 5.10 Å². The second-order valence-electron chi connectivity index (χ2n) is 5.05. The van der Waals surface area contributed by atoms with Gasteiger partial charge in [-0.1, -0.05) is 6.08 Å². The fourth-order valence-corrected chi connectivity index (χ4v) is 1.77. The lowest BCUT2D eigenvalue weighted by molar-refractivity contribution is -0.139. The number of nitrogens with one attached hydrogen (secondary N) is 2. The summed E-state index contributed by atoms with van der Waals surface area (Å²) in [6.07, 6.45) is 3.45. The molecule has 1 aromatic rings. The van der Waals surface area contributed by atoms with E-state index in [1.807, 2.05) is 0 Å². The summed E-state index contributed by atoms with van der Waals surface area (Å²) in [5.74, 6) is -1.29. The molecular formula is C16H21N3O4. The molecule has 0 radical (unpaired) electrons. The van der Waals surface area contributed by atoms with Crippen molar-refractivity contribution in [2.75, 3.05) is 7.11 Å². The predicted octanol–water partition coefficient (Wildman–Crippen LogP) is 1.10. The first-order chi connectivity index (χ1) is 10.9. The highest BCUT2D eigenvalue weighted by molar-refractivity contribution is 6.35. The minimum Gasteiger partial charge on any atom is -0.504 e. The maximum Gasteiger partial charge on any atom is 0.329 e. The molecule has 0 aromatic heterocycles. The van der Waals surface area contributed by atoms with E-state index >= 15 is 0 Å². The van der Waals surface area contributed by atoms with Gasteiger partial charge in [0.1, 0.15) is 0 Å². The molecule has 0 saturated carbocycles. The summed E-state index contributed by atoms with van der Waals surface area (Å²) < 4.78 is 5.08. The number of hydrazone groups is 1. The van der Waals surface area contributed by atoms with Crippen LogP contribution in [0.2, 0.25) is 0 Å². The Kier molecular flexibility index (Phi) is 6.79. The van der Waals surface area contributed by atoms with E-state index in [2.05, 4.69) is 22.4 Å². The highest BCUT2D eigenvalue weighted by Gasteiger charge is 2.13. The summed E-state index contributed by atoms with van der Waals surface area (Å²) in [6, 6.07) is 3.11. The van der Waals surface area contributed by atoms with E-state index in [4.69, 9.17) is 4.74 Å². The van der Waals surface area contributed by atoms with Crippen LogP contribution in [0.1, 0.15) is 25.0 Å². The number of ether oxygens (including phenoxy) is 1. The highest BCUT2D eigenvalue weighted by atomic mass is 16.5. The van der Waals surface area contributed by atoms with E-state index in [1.165, 1.54) is 13.3 Å². The van der Waals surface area contributed by atoms with Crippen molar-refractivity contribution in [3.05, 3.63) is 35.9 Å². The number of carbonyl (C=O) groups excluding carboxylic acids is 2. The Morgan fingerprint density at radius 2 is 2.09 bits per heavy atom. The molecule has 0 saturated heterocycles. The first kappa shape index (κ1) is 18.2. The molecule has 0 aliphatic heterocycles. The largest absolute Gasteiger partial charge is 0.504 e. The molecule has 0 unspecified atom stereocenters. The number of benzene rings is 1. The van der Waals surface area contributed by atoms with Crippen molar-refractivity contribution in [3.63, 3.8) is 0 Å². The number of phenolic OH excluding ortho intramolecular Hbond substituents is 1. The number of rotatable bonds is 6. The smallest absolute Gasteiger partial charge is 0.329 e. The monoisotopic (exact) mass is 319 g/mol. The summed E-state index contributed by atoms with van der Waals surface area (Å²) in [4.78, 5) is 22.9. The van der Waals surface area contributed by atoms with Crippen molar-refractivity contribution < 1.29 is 19.4 Å². The number of amides is 2. The van der Waals surface area contributed by atoms with E-state index in [0.717, 1.165) is 0 Å². The van der Waals surface area contributed by atoms with Crippen LogP contribution in [0.3, 0.4) is 0 Å². The highest BCUT2D eigenvalue weighted by Crippen LogP contribution is 2.31. The molecule has 0 bridgehead atoms. The fraction of sp³-hybridized carbons (Fsp3) is 0.312. The molecule has 23 heavy (non-hydrogen) atoms. The lowest BCUT2D eigenvalue weighted by Crippen LogP contribution is -2.41. The minimum atomic E-state index is -0.855. The summed E-state index contributed by atoms with van der Waals surface area (Å²) in [7, 11) is 1.44. The lowest BCUT2D eigenvalue weighted by atomic mass is 10.1. The minimum absolute atomic E-state index is 0.0323. The van der Waals surface area contributed by atoms with E-state index in [1.54, 1.807) is 32.1 Å². The number of methoxy groups -OCH3 is 1. The topological polar surface area (TPSA) is 100 Å². The van der Waals surface area contributed by atoms with E-state index in [-0.39, 0.29) is 17.5 Å². The van der Waals surface area contributed by atoms with Gasteiger partial charge in [0, 0.05) is 11.6 Å². The van der Waals surface area contributed by atoms with Crippen molar-refractivity contribution in [2.45, 2.75) is 26.3 Å². The Morgan fingerprint density at radius 1 is 1.39 bits per heavy atom. The standard InChI is InChI=1S/C16H21N3O4/c1-5-6-12-7-11(8-13(23-4)14(12)20)9-17-19-16(22)15(21)18-10(2)3/h5,7-10,20H,1,6H2,2-4H3,(H,18,21)(H,19,22)/b17-9+. The maximum atomic E-state index is 11.5. The fourth-order valence-electron chi connectivity index (χ4n) is 1.77. The Labute approximate surface area is 135 Å². The van der Waals surface area contributed by atoms with Crippen molar-refractivity contribution in [1.29, 1.82) is 0 Å². The molecule has 2 amide bonds. The summed E-state index contributed by atoms with van der Waals surface area (Å²) >= 11 is 0. The number of carbonyl (C=O) groups is 2. The number of hydrogen-bond donors (Lipinski definition) is 3. The van der Waals surface area contributed by atoms with Gasteiger partial charge in [-0.05, 0) is 38.0 Å². The zero-order valence-corrected chi connectivity index (χ0v) is 13.4. The molecule has 0 spiro atoms. The number of phenols is 1. The molecule has 1 rings (SSSR count). The van der Waals surface area contributed by atoms with Crippen LogP contribution in [0, 0.1) is 0 Å². The van der Waals surface area contributed by atoms with E-state index in [0.29, 0.717) is 17.5 Å². The first-order valence-electron chi connectivity index (χ1n) is 7.03. The maximum absolute atomic E-state index is 11.5. The summed E-state index contributed by atoms with van der Waals surface area (Å²) in [6.45, 7) is 7.12. The van der Waals surface area contributed by atoms with Gasteiger partial charge in [0.2, 0.25) is 0 Å². The van der Waals surface area contributed by atoms with Crippen LogP contribution in [0.5, 0.6) is 11.5 Å². The van der Waals surface area contributed by atoms with Crippen LogP contribution in [-0.2, 0) is 16.0 Å². The third kappa shape index (κ3) is 5.46. The molecule has 0 fully saturated rings. The van der Waals surface area contributed by atoms with Crippen molar-refractivity contribution >= 4 is 18.0 Å². The zero-order valence-electron chi connectivity index (χ0n) is 13.4. The van der Waals surface area contributed by atoms with Gasteiger partial charge in [0.05, 0.1) is 13.3 Å². The second-order valence-corrected chi connectivity index (χ2v) is 5.05. The van der Waals surface area contributed by atoms with Crippen LogP contribution in [0.15, 0.2) is 29.9 Å². The van der Waals surface area contributed by atoms with Gasteiger partial charge in [0.15, 0.2) is 11.5 Å². The molecule has 0 aliphatic carbocycles. The van der Waals surface area contributed by atoms with E-state index in [9.17, 15) is 14.7 Å². The van der Waals surface area contributed by atoms with Crippen LogP contribution < -0.4 is 15.5 Å². The van der Waals surface area contributed by atoms with Crippen LogP contribution >= 0.6 is 0 Å². The molecule has 3 N–H and O–H groups in total. The predicted molar refractivity (Wildman–Crippen MR) is 87.6 cm³/mol. The molecule has 1 aromatic carbocycles. The normalized spacial score (nSPS) is 10.6. The van der Waals surface area contributed by atoms with Crippen molar-refractivity contribution in [3.8, 4) is 11.5 Å². The molecule has 0 heterocycles. The summed E-state index contributed by atoms with van der Waals surface area (Å²) in [5.41, 5.74) is 3.35. The quantitative estimate of drug-likeness (QED) is 0.316. The van der Waals surface area contributed by atoms with E-state index < -0.39 is 11.8 Å². The third-order valence-electron chi connectivity index (χ3n) is 2.77. The Hall–Kier alpha value is -2.83. The van der Waals surface area contributed by atoms with Gasteiger partial charge in [-0.15, -0.1) is 6.58 Å². The van der Waals surface area contributed by atoms with Gasteiger partial charge < -0.3 is 15.2 Å². The van der Waals surface area contributed by atoms with Crippen LogP contribution in [0.4, 0.5) is 0 Å². The Morgan fingerprint density at radius 3 is 2.65 bits per heavy atom. The average molecular weight is 319 g/mol. The number of nitrogens with zero attached hydrogens (tertiary/aromatic N) is 1. The zero-order chi connectivity index (χ0) is 17.4. The van der Waals surface area contributed by atoms with Crippen molar-refractivity contribution in [1.82, 2.24) is 10.7 Å². The van der Waals surface area contributed by atoms with Gasteiger partial charge in [-0.3, -0.25) is 9.59 Å². The number of hydrogen-bond acceptors (Lipinski definition) is 5. The SMILES string of the molecule is C=CCc1cc(/C=N/NC(=O)C(=O)NC(C)C)cc(OC)c1O. The third-order valence-corrected chi connectivity index (χ3v) is 2.77. The second kappa shape index (κ2) is 8.57. The molecular weight excluding hydrogens is 298 g/mol. The van der Waals surface area contributed by atoms with Gasteiger partial charge in [0.25, 0.3) is 0 Å². The van der Waals surface area contributed by atoms with Crippen molar-refractivity contribution in [2.24, 2.45) is 5.10 Å². The summed E-state index contributed by atoms with van der Waals surface area (Å²) in [5, 5.41) is 16.2. The number of allylic oxidation sites excluding steroid dienone is 1. The Balaban J connectivity index is 2.83. The molecule has 124 valence electrons. The molecule has 7 nitrogen and oxygen atoms in total. The number of aromatic hydroxyl groups is 1.